The molecule has 1 amide bonds. The van der Waals surface area contributed by atoms with Gasteiger partial charge in [-0.1, -0.05) is 5.21 Å². The number of methoxy groups -OCH3 is 2. The summed E-state index contributed by atoms with van der Waals surface area (Å²) in [4.78, 5) is 23.1. The molecule has 0 aliphatic carbocycles. The Balaban J connectivity index is 1.97. The Morgan fingerprint density at radius 3 is 2.81 bits per heavy atom. The van der Waals surface area contributed by atoms with E-state index in [0.29, 0.717) is 56.1 Å². The van der Waals surface area contributed by atoms with Crippen LogP contribution in [0.3, 0.4) is 0 Å². The maximum atomic E-state index is 12.3. The molecule has 0 aliphatic heterocycles. The molecule has 0 saturated heterocycles. The zero-order valence-corrected chi connectivity index (χ0v) is 14.8. The van der Waals surface area contributed by atoms with E-state index in [-0.39, 0.29) is 11.6 Å². The van der Waals surface area contributed by atoms with Gasteiger partial charge < -0.3 is 19.5 Å². The van der Waals surface area contributed by atoms with Crippen LogP contribution in [0.1, 0.15) is 27.3 Å². The molecule has 0 fully saturated rings. The van der Waals surface area contributed by atoms with Gasteiger partial charge in [-0.2, -0.15) is 0 Å². The SMILES string of the molecule is COCCOCCCNC(=O)c1ccc(OC)c(-n2cc(C=O)nn2)c1. The van der Waals surface area contributed by atoms with Crippen LogP contribution in [0.15, 0.2) is 24.4 Å². The van der Waals surface area contributed by atoms with Crippen LogP contribution in [0, 0.1) is 0 Å². The van der Waals surface area contributed by atoms with Gasteiger partial charge in [0.05, 0.1) is 26.5 Å². The van der Waals surface area contributed by atoms with Crippen molar-refractivity contribution < 1.29 is 23.8 Å². The summed E-state index contributed by atoms with van der Waals surface area (Å²) in [5.74, 6) is 0.289. The lowest BCUT2D eigenvalue weighted by molar-refractivity contribution is 0.0688. The molecular formula is C17H22N4O5. The summed E-state index contributed by atoms with van der Waals surface area (Å²) in [5, 5.41) is 10.4. The maximum Gasteiger partial charge on any atom is 0.251 e. The summed E-state index contributed by atoms with van der Waals surface area (Å²) in [6.45, 7) is 2.12. The van der Waals surface area contributed by atoms with Gasteiger partial charge in [0.15, 0.2) is 6.29 Å². The highest BCUT2D eigenvalue weighted by atomic mass is 16.5. The molecule has 9 nitrogen and oxygen atoms in total. The molecule has 0 radical (unpaired) electrons. The first-order valence-corrected chi connectivity index (χ1v) is 8.10. The van der Waals surface area contributed by atoms with Crippen molar-refractivity contribution in [3.63, 3.8) is 0 Å². The summed E-state index contributed by atoms with van der Waals surface area (Å²) in [6, 6.07) is 4.96. The fraction of sp³-hybridized carbons (Fsp3) is 0.412. The van der Waals surface area contributed by atoms with Gasteiger partial charge in [0, 0.05) is 25.8 Å². The zero-order chi connectivity index (χ0) is 18.8. The van der Waals surface area contributed by atoms with Gasteiger partial charge in [-0.25, -0.2) is 4.68 Å². The molecule has 2 rings (SSSR count). The molecule has 0 bridgehead atoms. The predicted octanol–water partition coefficient (Wildman–Crippen LogP) is 0.871. The number of aromatic nitrogens is 3. The number of nitrogens with zero attached hydrogens (tertiary/aromatic N) is 3. The Labute approximate surface area is 151 Å². The van der Waals surface area contributed by atoms with E-state index in [1.165, 1.54) is 18.0 Å². The standard InChI is InChI=1S/C17H22N4O5/c1-24-8-9-26-7-3-6-18-17(23)13-4-5-16(25-2)15(10-13)21-11-14(12-22)19-20-21/h4-5,10-12H,3,6-9H2,1-2H3,(H,18,23). The van der Waals surface area contributed by atoms with Gasteiger partial charge in [-0.15, -0.1) is 5.10 Å². The Morgan fingerprint density at radius 1 is 1.27 bits per heavy atom. The number of nitrogens with one attached hydrogen (secondary N) is 1. The second-order valence-corrected chi connectivity index (χ2v) is 5.31. The normalized spacial score (nSPS) is 10.5. The number of carbonyl (C=O) groups excluding carboxylic acids is 2. The van der Waals surface area contributed by atoms with Crippen molar-refractivity contribution in [2.75, 3.05) is 40.6 Å². The van der Waals surface area contributed by atoms with Crippen LogP contribution in [0.25, 0.3) is 5.69 Å². The lowest BCUT2D eigenvalue weighted by atomic mass is 10.1. The summed E-state index contributed by atoms with van der Waals surface area (Å²) in [5.41, 5.74) is 1.16. The highest BCUT2D eigenvalue weighted by Crippen LogP contribution is 2.23. The van der Waals surface area contributed by atoms with Crippen molar-refractivity contribution in [2.24, 2.45) is 0 Å². The third-order valence-electron chi connectivity index (χ3n) is 3.50. The molecule has 0 saturated carbocycles. The molecule has 2 aromatic rings. The Morgan fingerprint density at radius 2 is 2.12 bits per heavy atom. The molecule has 1 N–H and O–H groups in total. The maximum absolute atomic E-state index is 12.3. The highest BCUT2D eigenvalue weighted by Gasteiger charge is 2.13. The monoisotopic (exact) mass is 362 g/mol. The van der Waals surface area contributed by atoms with Crippen molar-refractivity contribution in [1.82, 2.24) is 20.3 Å². The minimum Gasteiger partial charge on any atom is -0.494 e. The van der Waals surface area contributed by atoms with Crippen LogP contribution >= 0.6 is 0 Å². The van der Waals surface area contributed by atoms with Crippen LogP contribution in [-0.2, 0) is 9.47 Å². The van der Waals surface area contributed by atoms with Crippen LogP contribution in [-0.4, -0.2) is 67.8 Å². The second-order valence-electron chi connectivity index (χ2n) is 5.31. The molecule has 1 aromatic heterocycles. The molecular weight excluding hydrogens is 340 g/mol. The van der Waals surface area contributed by atoms with Crippen LogP contribution in [0.2, 0.25) is 0 Å². The van der Waals surface area contributed by atoms with Crippen LogP contribution in [0.5, 0.6) is 5.75 Å². The van der Waals surface area contributed by atoms with E-state index >= 15 is 0 Å². The van der Waals surface area contributed by atoms with Crippen LogP contribution in [0.4, 0.5) is 0 Å². The summed E-state index contributed by atoms with van der Waals surface area (Å²) >= 11 is 0. The van der Waals surface area contributed by atoms with Gasteiger partial charge in [-0.3, -0.25) is 9.59 Å². The number of hydrogen-bond acceptors (Lipinski definition) is 7. The number of hydrogen-bond donors (Lipinski definition) is 1. The Bertz CT molecular complexity index is 732. The van der Waals surface area contributed by atoms with E-state index in [4.69, 9.17) is 14.2 Å². The molecule has 0 atom stereocenters. The van der Waals surface area contributed by atoms with Gasteiger partial charge in [0.2, 0.25) is 0 Å². The molecule has 9 heteroatoms. The minimum absolute atomic E-state index is 0.190. The molecule has 0 unspecified atom stereocenters. The van der Waals surface area contributed by atoms with E-state index in [2.05, 4.69) is 15.6 Å². The van der Waals surface area contributed by atoms with E-state index in [1.807, 2.05) is 0 Å². The minimum atomic E-state index is -0.221. The van der Waals surface area contributed by atoms with Gasteiger partial charge in [-0.05, 0) is 24.6 Å². The van der Waals surface area contributed by atoms with E-state index in [9.17, 15) is 9.59 Å². The summed E-state index contributed by atoms with van der Waals surface area (Å²) in [6.07, 6.45) is 2.76. The topological polar surface area (TPSA) is 105 Å². The summed E-state index contributed by atoms with van der Waals surface area (Å²) in [7, 11) is 3.13. The van der Waals surface area contributed by atoms with E-state index < -0.39 is 0 Å². The Kier molecular flexibility index (Phi) is 7.72. The fourth-order valence-corrected chi connectivity index (χ4v) is 2.18. The van der Waals surface area contributed by atoms with Crippen molar-refractivity contribution in [2.45, 2.75) is 6.42 Å². The predicted molar refractivity (Wildman–Crippen MR) is 92.9 cm³/mol. The van der Waals surface area contributed by atoms with Gasteiger partial charge in [0.25, 0.3) is 5.91 Å². The number of carbonyl (C=O) groups is 2. The molecule has 26 heavy (non-hydrogen) atoms. The largest absolute Gasteiger partial charge is 0.494 e. The molecule has 1 aromatic carbocycles. The van der Waals surface area contributed by atoms with E-state index in [1.54, 1.807) is 25.3 Å². The van der Waals surface area contributed by atoms with Gasteiger partial charge >= 0.3 is 0 Å². The molecule has 0 spiro atoms. The van der Waals surface area contributed by atoms with Crippen molar-refractivity contribution >= 4 is 12.2 Å². The van der Waals surface area contributed by atoms with Crippen molar-refractivity contribution in [1.29, 1.82) is 0 Å². The zero-order valence-electron chi connectivity index (χ0n) is 14.8. The number of ether oxygens (including phenoxy) is 3. The average Bonchev–Trinajstić information content (AvgIpc) is 3.15. The average molecular weight is 362 g/mol. The number of amides is 1. The lowest BCUT2D eigenvalue weighted by Crippen LogP contribution is -2.25. The van der Waals surface area contributed by atoms with Crippen molar-refractivity contribution in [3.8, 4) is 11.4 Å². The number of benzene rings is 1. The molecule has 1 heterocycles. The molecule has 140 valence electrons. The first kappa shape index (κ1) is 19.5. The van der Waals surface area contributed by atoms with E-state index in [0.717, 1.165) is 0 Å². The van der Waals surface area contributed by atoms with Gasteiger partial charge in [0.1, 0.15) is 17.1 Å². The van der Waals surface area contributed by atoms with Crippen molar-refractivity contribution in [3.05, 3.63) is 35.7 Å². The fourth-order valence-electron chi connectivity index (χ4n) is 2.18. The number of aldehydes is 1. The third kappa shape index (κ3) is 5.36. The Hall–Kier alpha value is -2.78. The quantitative estimate of drug-likeness (QED) is 0.467. The molecule has 0 aliphatic rings. The first-order valence-electron chi connectivity index (χ1n) is 8.10. The second kappa shape index (κ2) is 10.3. The summed E-state index contributed by atoms with van der Waals surface area (Å²) < 4.78 is 16.9. The number of rotatable bonds is 11. The first-order chi connectivity index (χ1) is 12.7. The smallest absolute Gasteiger partial charge is 0.251 e. The third-order valence-corrected chi connectivity index (χ3v) is 3.50. The lowest BCUT2D eigenvalue weighted by Gasteiger charge is -2.11. The van der Waals surface area contributed by atoms with Crippen LogP contribution < -0.4 is 10.1 Å². The highest BCUT2D eigenvalue weighted by molar-refractivity contribution is 5.95.